The van der Waals surface area contributed by atoms with Crippen molar-refractivity contribution in [2.24, 2.45) is 4.99 Å². The van der Waals surface area contributed by atoms with E-state index in [-0.39, 0.29) is 12.2 Å². The van der Waals surface area contributed by atoms with Crippen LogP contribution in [0, 0.1) is 0 Å². The van der Waals surface area contributed by atoms with Gasteiger partial charge in [-0.05, 0) is 67.4 Å². The number of nitrogens with zero attached hydrogens (tertiary/aromatic N) is 3. The number of fused-ring (bicyclic) bond motifs is 3. The quantitative estimate of drug-likeness (QED) is 0.206. The topological polar surface area (TPSA) is 73.1 Å². The molecular formula is C33H30BrN3O4S2. The number of hydrogen-bond acceptors (Lipinski definition) is 8. The summed E-state index contributed by atoms with van der Waals surface area (Å²) in [5, 5.41) is 0. The summed E-state index contributed by atoms with van der Waals surface area (Å²) in [6.07, 6.45) is 3.26. The lowest BCUT2D eigenvalue weighted by Gasteiger charge is -2.29. The molecule has 0 aliphatic carbocycles. The summed E-state index contributed by atoms with van der Waals surface area (Å²) in [7, 11) is 3.65. The molecule has 3 heterocycles. The standard InChI is InChI=1S/C33H30BrN3O4S2/c1-5-9-22-29(32(39)41-6-2)30(21-18-20(34)13-15-25(21)40-4)37-31(38)28(43-33(37)35-22)17-19-12-14-24-27(16-19)42-26-11-8-7-10-23(26)36(24)3/h7-8,10-18,30H,5-6,9H2,1-4H3/b28-17-/t30-/m1/s1. The van der Waals surface area contributed by atoms with E-state index in [1.807, 2.05) is 49.4 Å². The smallest absolute Gasteiger partial charge is 0.338 e. The highest BCUT2D eigenvalue weighted by Crippen LogP contribution is 2.47. The Morgan fingerprint density at radius 3 is 2.63 bits per heavy atom. The zero-order valence-electron chi connectivity index (χ0n) is 24.2. The van der Waals surface area contributed by atoms with Crippen molar-refractivity contribution in [2.75, 3.05) is 25.7 Å². The third-order valence-electron chi connectivity index (χ3n) is 7.47. The first kappa shape index (κ1) is 29.5. The van der Waals surface area contributed by atoms with E-state index in [9.17, 15) is 9.59 Å². The van der Waals surface area contributed by atoms with Crippen LogP contribution in [0.1, 0.15) is 43.9 Å². The molecule has 0 saturated carbocycles. The van der Waals surface area contributed by atoms with Crippen molar-refractivity contribution < 1.29 is 14.3 Å². The third kappa shape index (κ3) is 5.36. The highest BCUT2D eigenvalue weighted by atomic mass is 79.9. The molecule has 0 unspecified atom stereocenters. The van der Waals surface area contributed by atoms with E-state index >= 15 is 0 Å². The van der Waals surface area contributed by atoms with Crippen LogP contribution < -0.4 is 24.5 Å². The van der Waals surface area contributed by atoms with Gasteiger partial charge in [0, 0.05) is 26.9 Å². The second-order valence-electron chi connectivity index (χ2n) is 10.2. The van der Waals surface area contributed by atoms with Crippen molar-refractivity contribution in [3.63, 3.8) is 0 Å². The van der Waals surface area contributed by atoms with E-state index in [4.69, 9.17) is 14.5 Å². The summed E-state index contributed by atoms with van der Waals surface area (Å²) in [6.45, 7) is 4.03. The number of esters is 1. The average Bonchev–Trinajstić information content (AvgIpc) is 3.30. The van der Waals surface area contributed by atoms with Gasteiger partial charge in [0.2, 0.25) is 0 Å². The lowest BCUT2D eigenvalue weighted by molar-refractivity contribution is -0.139. The fourth-order valence-corrected chi connectivity index (χ4v) is 8.13. The molecule has 0 N–H and O–H groups in total. The molecule has 7 nitrogen and oxygen atoms in total. The Bertz CT molecular complexity index is 1960. The van der Waals surface area contributed by atoms with Crippen LogP contribution in [0.4, 0.5) is 11.4 Å². The Morgan fingerprint density at radius 1 is 1.07 bits per heavy atom. The lowest BCUT2D eigenvalue weighted by Crippen LogP contribution is -2.40. The molecule has 0 saturated heterocycles. The van der Waals surface area contributed by atoms with Crippen LogP contribution >= 0.6 is 39.0 Å². The maximum Gasteiger partial charge on any atom is 0.338 e. The van der Waals surface area contributed by atoms with E-state index in [0.29, 0.717) is 38.3 Å². The van der Waals surface area contributed by atoms with E-state index in [0.717, 1.165) is 27.0 Å². The average molecular weight is 677 g/mol. The van der Waals surface area contributed by atoms with E-state index in [1.165, 1.54) is 21.9 Å². The summed E-state index contributed by atoms with van der Waals surface area (Å²) >= 11 is 6.62. The van der Waals surface area contributed by atoms with Crippen LogP contribution in [0.5, 0.6) is 5.75 Å². The van der Waals surface area contributed by atoms with Crippen molar-refractivity contribution in [3.05, 3.63) is 107 Å². The van der Waals surface area contributed by atoms with Gasteiger partial charge in [-0.15, -0.1) is 0 Å². The normalized spacial score (nSPS) is 15.9. The minimum Gasteiger partial charge on any atom is -0.496 e. The van der Waals surface area contributed by atoms with E-state index in [2.05, 4.69) is 52.1 Å². The summed E-state index contributed by atoms with van der Waals surface area (Å²) in [5.74, 6) is 0.0885. The van der Waals surface area contributed by atoms with Crippen molar-refractivity contribution in [2.45, 2.75) is 42.5 Å². The van der Waals surface area contributed by atoms with Crippen LogP contribution in [0.3, 0.4) is 0 Å². The first-order valence-corrected chi connectivity index (χ1v) is 16.5. The molecule has 0 bridgehead atoms. The Hall–Kier alpha value is -3.60. The summed E-state index contributed by atoms with van der Waals surface area (Å²) in [4.78, 5) is 37.6. The Kier molecular flexibility index (Phi) is 8.35. The molecule has 1 aromatic heterocycles. The number of methoxy groups -OCH3 is 1. The predicted molar refractivity (Wildman–Crippen MR) is 175 cm³/mol. The van der Waals surface area contributed by atoms with Crippen LogP contribution in [0.25, 0.3) is 6.08 Å². The molecule has 0 fully saturated rings. The van der Waals surface area contributed by atoms with E-state index in [1.54, 1.807) is 30.4 Å². The van der Waals surface area contributed by atoms with Gasteiger partial charge in [0.15, 0.2) is 4.80 Å². The lowest BCUT2D eigenvalue weighted by atomic mass is 9.93. The van der Waals surface area contributed by atoms with Gasteiger partial charge >= 0.3 is 5.97 Å². The molecule has 0 spiro atoms. The molecule has 6 rings (SSSR count). The number of aromatic nitrogens is 1. The zero-order chi connectivity index (χ0) is 30.2. The molecule has 43 heavy (non-hydrogen) atoms. The molecule has 0 amide bonds. The minimum absolute atomic E-state index is 0.213. The number of para-hydroxylation sites is 1. The second kappa shape index (κ2) is 12.2. The first-order chi connectivity index (χ1) is 20.8. The Balaban J connectivity index is 1.53. The van der Waals surface area contributed by atoms with Crippen molar-refractivity contribution in [1.82, 2.24) is 4.57 Å². The summed E-state index contributed by atoms with van der Waals surface area (Å²) < 4.78 is 14.2. The van der Waals surface area contributed by atoms with Gasteiger partial charge in [-0.25, -0.2) is 9.79 Å². The molecule has 10 heteroatoms. The molecule has 2 aliphatic heterocycles. The third-order valence-corrected chi connectivity index (χ3v) is 10.1. The molecule has 0 radical (unpaired) electrons. The summed E-state index contributed by atoms with van der Waals surface area (Å²) in [5.41, 5.74) is 4.67. The Labute approximate surface area is 266 Å². The highest BCUT2D eigenvalue weighted by molar-refractivity contribution is 9.10. The van der Waals surface area contributed by atoms with Crippen molar-refractivity contribution in [3.8, 4) is 5.75 Å². The number of benzene rings is 3. The molecule has 4 aromatic rings. The summed E-state index contributed by atoms with van der Waals surface area (Å²) in [6, 6.07) is 19.4. The van der Waals surface area contributed by atoms with Gasteiger partial charge < -0.3 is 14.4 Å². The van der Waals surface area contributed by atoms with Gasteiger partial charge in [0.1, 0.15) is 11.8 Å². The van der Waals surface area contributed by atoms with Crippen molar-refractivity contribution >= 4 is 62.4 Å². The van der Waals surface area contributed by atoms with Gasteiger partial charge in [0.05, 0.1) is 40.9 Å². The number of rotatable bonds is 7. The maximum atomic E-state index is 14.2. The number of hydrogen-bond donors (Lipinski definition) is 0. The van der Waals surface area contributed by atoms with Gasteiger partial charge in [-0.2, -0.15) is 0 Å². The van der Waals surface area contributed by atoms with Crippen LogP contribution in [-0.2, 0) is 9.53 Å². The van der Waals surface area contributed by atoms with Crippen LogP contribution in [-0.4, -0.2) is 31.3 Å². The second-order valence-corrected chi connectivity index (χ2v) is 13.2. The number of ether oxygens (including phenoxy) is 2. The number of thiazole rings is 1. The largest absolute Gasteiger partial charge is 0.496 e. The monoisotopic (exact) mass is 675 g/mol. The highest BCUT2D eigenvalue weighted by Gasteiger charge is 2.36. The predicted octanol–water partition coefficient (Wildman–Crippen LogP) is 6.58. The molecule has 1 atom stereocenters. The number of allylic oxidation sites excluding steroid dienone is 1. The van der Waals surface area contributed by atoms with E-state index < -0.39 is 12.0 Å². The molecule has 3 aromatic carbocycles. The first-order valence-electron chi connectivity index (χ1n) is 14.0. The van der Waals surface area contributed by atoms with Crippen molar-refractivity contribution in [1.29, 1.82) is 0 Å². The fraction of sp³-hybridized carbons (Fsp3) is 0.242. The van der Waals surface area contributed by atoms with Crippen LogP contribution in [0.2, 0.25) is 0 Å². The molecule has 220 valence electrons. The number of carbonyl (C=O) groups is 1. The molecular weight excluding hydrogens is 646 g/mol. The number of anilines is 2. The number of carbonyl (C=O) groups excluding carboxylic acids is 1. The van der Waals surface area contributed by atoms with Gasteiger partial charge in [-0.3, -0.25) is 9.36 Å². The van der Waals surface area contributed by atoms with Gasteiger partial charge in [-0.1, -0.05) is 70.6 Å². The molecule has 2 aliphatic rings. The maximum absolute atomic E-state index is 14.2. The minimum atomic E-state index is -0.754. The van der Waals surface area contributed by atoms with Crippen LogP contribution in [0.15, 0.2) is 96.0 Å². The van der Waals surface area contributed by atoms with Gasteiger partial charge in [0.25, 0.3) is 5.56 Å². The number of halogens is 1. The SMILES string of the molecule is CCCC1=C(C(=O)OCC)[C@@H](c2cc(Br)ccc2OC)n2c(s/c(=C\c3ccc4c(c3)Sc3ccccc3N4C)c2=O)=N1. The fourth-order valence-electron chi connectivity index (χ4n) is 5.53. The Morgan fingerprint density at radius 2 is 1.86 bits per heavy atom. The zero-order valence-corrected chi connectivity index (χ0v) is 27.4.